The van der Waals surface area contributed by atoms with Gasteiger partial charge in [0.05, 0.1) is 17.8 Å². The minimum absolute atomic E-state index is 0.0232. The molecule has 1 aromatic carbocycles. The molecule has 0 amide bonds. The third kappa shape index (κ3) is 3.43. The van der Waals surface area contributed by atoms with Crippen LogP contribution >= 0.6 is 0 Å². The number of hydrogen-bond acceptors (Lipinski definition) is 6. The Labute approximate surface area is 164 Å². The first-order chi connectivity index (χ1) is 13.3. The van der Waals surface area contributed by atoms with Gasteiger partial charge in [0.25, 0.3) is 10.0 Å². The molecule has 0 atom stereocenters. The minimum Gasteiger partial charge on any atom is -0.493 e. The van der Waals surface area contributed by atoms with Gasteiger partial charge in [0.2, 0.25) is 10.0 Å². The topological polar surface area (TPSA) is 102 Å². The van der Waals surface area contributed by atoms with E-state index in [1.165, 1.54) is 21.1 Å². The van der Waals surface area contributed by atoms with E-state index in [0.717, 1.165) is 11.3 Å². The Hall–Kier alpha value is -1.95. The summed E-state index contributed by atoms with van der Waals surface area (Å²) in [4.78, 5) is 4.15. The summed E-state index contributed by atoms with van der Waals surface area (Å²) in [5.74, 6) is 0.724. The fraction of sp³-hybridized carbons (Fsp3) is 0.471. The van der Waals surface area contributed by atoms with E-state index in [1.54, 1.807) is 29.8 Å². The van der Waals surface area contributed by atoms with Crippen molar-refractivity contribution in [3.8, 4) is 5.75 Å². The number of benzene rings is 1. The van der Waals surface area contributed by atoms with Crippen molar-refractivity contribution in [1.82, 2.24) is 18.2 Å². The van der Waals surface area contributed by atoms with Crippen LogP contribution < -0.4 is 4.74 Å². The lowest BCUT2D eigenvalue weighted by Crippen LogP contribution is -2.37. The van der Waals surface area contributed by atoms with Crippen molar-refractivity contribution in [2.45, 2.75) is 22.8 Å². The first-order valence-corrected chi connectivity index (χ1v) is 11.9. The molecule has 1 aromatic heterocycles. The maximum atomic E-state index is 13.1. The van der Waals surface area contributed by atoms with Gasteiger partial charge in [-0.2, -0.15) is 8.61 Å². The molecule has 152 valence electrons. The van der Waals surface area contributed by atoms with Crippen LogP contribution in [0.25, 0.3) is 0 Å². The van der Waals surface area contributed by atoms with E-state index in [9.17, 15) is 16.8 Å². The summed E-state index contributed by atoms with van der Waals surface area (Å²) >= 11 is 0. The van der Waals surface area contributed by atoms with E-state index in [1.807, 2.05) is 0 Å². The molecule has 4 rings (SSSR count). The Morgan fingerprint density at radius 1 is 1.00 bits per heavy atom. The molecule has 0 radical (unpaired) electrons. The van der Waals surface area contributed by atoms with E-state index in [2.05, 4.69) is 4.98 Å². The van der Waals surface area contributed by atoms with Crippen LogP contribution in [0.1, 0.15) is 12.0 Å². The van der Waals surface area contributed by atoms with Crippen molar-refractivity contribution < 1.29 is 21.6 Å². The Morgan fingerprint density at radius 2 is 1.71 bits per heavy atom. The molecule has 2 aliphatic heterocycles. The summed E-state index contributed by atoms with van der Waals surface area (Å²) in [7, 11) is -5.74. The molecule has 1 saturated heterocycles. The number of hydrogen-bond donors (Lipinski definition) is 0. The Morgan fingerprint density at radius 3 is 2.39 bits per heavy atom. The SMILES string of the molecule is Cn1cnc(S(=O)(=O)N2CCCN(S(=O)(=O)c3ccc4c(c3)CCO4)CC2)c1. The largest absolute Gasteiger partial charge is 0.493 e. The van der Waals surface area contributed by atoms with Crippen molar-refractivity contribution in [3.05, 3.63) is 36.3 Å². The molecule has 11 heteroatoms. The van der Waals surface area contributed by atoms with E-state index in [4.69, 9.17) is 4.74 Å². The average molecular weight is 427 g/mol. The predicted octanol–water partition coefficient (Wildman–Crippen LogP) is 0.440. The lowest BCUT2D eigenvalue weighted by Gasteiger charge is -2.21. The van der Waals surface area contributed by atoms with E-state index in [0.29, 0.717) is 19.4 Å². The zero-order chi connectivity index (χ0) is 19.9. The van der Waals surface area contributed by atoms with Crippen LogP contribution in [0.15, 0.2) is 40.6 Å². The van der Waals surface area contributed by atoms with Gasteiger partial charge >= 0.3 is 0 Å². The third-order valence-electron chi connectivity index (χ3n) is 5.00. The molecule has 1 fully saturated rings. The second kappa shape index (κ2) is 7.14. The van der Waals surface area contributed by atoms with Crippen LogP contribution in [-0.2, 0) is 33.5 Å². The van der Waals surface area contributed by atoms with Gasteiger partial charge in [-0.15, -0.1) is 0 Å². The van der Waals surface area contributed by atoms with Crippen LogP contribution in [-0.4, -0.2) is 67.8 Å². The standard InChI is InChI=1S/C17H22N4O5S2/c1-19-12-17(18-13-19)28(24,25)21-7-2-6-20(8-9-21)27(22,23)15-3-4-16-14(11-15)5-10-26-16/h3-4,11-13H,2,5-10H2,1H3. The van der Waals surface area contributed by atoms with Gasteiger partial charge < -0.3 is 9.30 Å². The van der Waals surface area contributed by atoms with Crippen LogP contribution in [0.3, 0.4) is 0 Å². The molecule has 2 aliphatic rings. The molecule has 28 heavy (non-hydrogen) atoms. The third-order valence-corrected chi connectivity index (χ3v) is 8.68. The van der Waals surface area contributed by atoms with Crippen LogP contribution in [0.5, 0.6) is 5.75 Å². The quantitative estimate of drug-likeness (QED) is 0.703. The van der Waals surface area contributed by atoms with Crippen molar-refractivity contribution in [3.63, 3.8) is 0 Å². The summed E-state index contributed by atoms with van der Waals surface area (Å²) < 4.78 is 61.4. The number of aromatic nitrogens is 2. The first-order valence-electron chi connectivity index (χ1n) is 9.02. The Kier molecular flexibility index (Phi) is 4.94. The number of nitrogens with zero attached hydrogens (tertiary/aromatic N) is 4. The van der Waals surface area contributed by atoms with Gasteiger partial charge in [0.15, 0.2) is 5.03 Å². The van der Waals surface area contributed by atoms with Crippen LogP contribution in [0, 0.1) is 0 Å². The van der Waals surface area contributed by atoms with Gasteiger partial charge in [-0.3, -0.25) is 0 Å². The highest BCUT2D eigenvalue weighted by atomic mass is 32.2. The van der Waals surface area contributed by atoms with Crippen molar-refractivity contribution >= 4 is 20.0 Å². The normalized spacial score (nSPS) is 19.2. The second-order valence-electron chi connectivity index (χ2n) is 6.91. The number of sulfonamides is 2. The molecule has 0 saturated carbocycles. The van der Waals surface area contributed by atoms with Gasteiger partial charge in [-0.05, 0) is 30.2 Å². The zero-order valence-electron chi connectivity index (χ0n) is 15.5. The molecular formula is C17H22N4O5S2. The van der Waals surface area contributed by atoms with Crippen molar-refractivity contribution in [1.29, 1.82) is 0 Å². The van der Waals surface area contributed by atoms with Crippen LogP contribution in [0.2, 0.25) is 0 Å². The monoisotopic (exact) mass is 426 g/mol. The molecule has 0 aliphatic carbocycles. The summed E-state index contributed by atoms with van der Waals surface area (Å²) in [5.41, 5.74) is 0.884. The van der Waals surface area contributed by atoms with E-state index in [-0.39, 0.29) is 36.1 Å². The maximum absolute atomic E-state index is 13.1. The Balaban J connectivity index is 1.54. The van der Waals surface area contributed by atoms with Gasteiger partial charge in [-0.25, -0.2) is 21.8 Å². The van der Waals surface area contributed by atoms with Crippen molar-refractivity contribution in [2.75, 3.05) is 32.8 Å². The van der Waals surface area contributed by atoms with Gasteiger partial charge in [-0.1, -0.05) is 0 Å². The van der Waals surface area contributed by atoms with Gasteiger partial charge in [0, 0.05) is 45.8 Å². The van der Waals surface area contributed by atoms with E-state index < -0.39 is 20.0 Å². The molecule has 3 heterocycles. The molecule has 0 unspecified atom stereocenters. The highest BCUT2D eigenvalue weighted by Crippen LogP contribution is 2.29. The van der Waals surface area contributed by atoms with E-state index >= 15 is 0 Å². The fourth-order valence-electron chi connectivity index (χ4n) is 3.48. The lowest BCUT2D eigenvalue weighted by atomic mass is 10.2. The number of ether oxygens (including phenoxy) is 1. The highest BCUT2D eigenvalue weighted by Gasteiger charge is 2.33. The summed E-state index contributed by atoms with van der Waals surface area (Å²) in [6, 6.07) is 4.89. The smallest absolute Gasteiger partial charge is 0.262 e. The summed E-state index contributed by atoms with van der Waals surface area (Å²) in [6.07, 6.45) is 3.98. The molecule has 0 N–H and O–H groups in total. The first kappa shape index (κ1) is 19.4. The predicted molar refractivity (Wildman–Crippen MR) is 101 cm³/mol. The van der Waals surface area contributed by atoms with Gasteiger partial charge in [0.1, 0.15) is 5.75 Å². The molecule has 2 aromatic rings. The molecular weight excluding hydrogens is 404 g/mol. The molecule has 9 nitrogen and oxygen atoms in total. The number of rotatable bonds is 4. The Bertz CT molecular complexity index is 1090. The lowest BCUT2D eigenvalue weighted by molar-refractivity contribution is 0.356. The number of aryl methyl sites for hydroxylation is 1. The number of imidazole rings is 1. The fourth-order valence-corrected chi connectivity index (χ4v) is 6.43. The summed E-state index contributed by atoms with van der Waals surface area (Å²) in [5, 5.41) is -0.0232. The number of fused-ring (bicyclic) bond motifs is 1. The maximum Gasteiger partial charge on any atom is 0.262 e. The zero-order valence-corrected chi connectivity index (χ0v) is 17.1. The minimum atomic E-state index is -3.74. The summed E-state index contributed by atoms with van der Waals surface area (Å²) in [6.45, 7) is 1.27. The van der Waals surface area contributed by atoms with Crippen LogP contribution in [0.4, 0.5) is 0 Å². The van der Waals surface area contributed by atoms with Crippen molar-refractivity contribution in [2.24, 2.45) is 7.05 Å². The average Bonchev–Trinajstić information content (AvgIpc) is 3.22. The molecule has 0 spiro atoms. The molecule has 0 bridgehead atoms. The highest BCUT2D eigenvalue weighted by molar-refractivity contribution is 7.89. The second-order valence-corrected chi connectivity index (χ2v) is 10.7.